The SMILES string of the molecule is Nc1nnc(-c2ccccc2O)cc1OCCc1ccc(CNC(=O)C2(O)CCNCC2)cc1. The molecule has 2 heterocycles. The van der Waals surface area contributed by atoms with Crippen molar-refractivity contribution in [1.29, 1.82) is 0 Å². The summed E-state index contributed by atoms with van der Waals surface area (Å²) >= 11 is 0. The number of nitrogens with two attached hydrogens (primary N) is 1. The number of ether oxygens (including phenoxy) is 1. The van der Waals surface area contributed by atoms with Gasteiger partial charge in [-0.05, 0) is 49.2 Å². The summed E-state index contributed by atoms with van der Waals surface area (Å²) in [5, 5.41) is 34.5. The standard InChI is InChI=1S/C25H29N5O4/c26-23-22(15-20(29-30-23)19-3-1-2-4-21(19)31)34-14-9-17-5-7-18(8-6-17)16-28-24(32)25(33)10-12-27-13-11-25/h1-8,15,27,31,33H,9-14,16H2,(H2,26,30)(H,28,32). The number of aromatic hydroxyl groups is 1. The molecule has 1 saturated heterocycles. The molecule has 4 rings (SSSR count). The number of hydrogen-bond donors (Lipinski definition) is 5. The molecule has 178 valence electrons. The molecule has 0 spiro atoms. The number of nitrogens with one attached hydrogen (secondary N) is 2. The van der Waals surface area contributed by atoms with Gasteiger partial charge in [0.2, 0.25) is 0 Å². The predicted octanol–water partition coefficient (Wildman–Crippen LogP) is 1.78. The van der Waals surface area contributed by atoms with E-state index in [1.807, 2.05) is 24.3 Å². The molecule has 3 aromatic rings. The number of carbonyl (C=O) groups is 1. The molecule has 6 N–H and O–H groups in total. The smallest absolute Gasteiger partial charge is 0.252 e. The first-order chi connectivity index (χ1) is 16.4. The minimum absolute atomic E-state index is 0.105. The van der Waals surface area contributed by atoms with E-state index in [4.69, 9.17) is 10.5 Å². The zero-order valence-electron chi connectivity index (χ0n) is 18.8. The molecule has 1 aliphatic heterocycles. The molecule has 9 heteroatoms. The highest BCUT2D eigenvalue weighted by Crippen LogP contribution is 2.30. The first kappa shape index (κ1) is 23.5. The first-order valence-electron chi connectivity index (χ1n) is 11.3. The van der Waals surface area contributed by atoms with Crippen LogP contribution < -0.4 is 21.1 Å². The van der Waals surface area contributed by atoms with E-state index in [1.54, 1.807) is 30.3 Å². The summed E-state index contributed by atoms with van der Waals surface area (Å²) in [5.74, 6) is 0.371. The maximum atomic E-state index is 12.4. The van der Waals surface area contributed by atoms with Crippen LogP contribution in [0.1, 0.15) is 24.0 Å². The van der Waals surface area contributed by atoms with E-state index in [0.717, 1.165) is 11.1 Å². The lowest BCUT2D eigenvalue weighted by Gasteiger charge is -2.31. The van der Waals surface area contributed by atoms with Gasteiger partial charge in [0.05, 0.1) is 6.61 Å². The Bertz CT molecular complexity index is 1130. The van der Waals surface area contributed by atoms with Gasteiger partial charge in [-0.25, -0.2) is 0 Å². The molecule has 0 unspecified atom stereocenters. The fraction of sp³-hybridized carbons (Fsp3) is 0.320. The van der Waals surface area contributed by atoms with Crippen LogP contribution in [0.5, 0.6) is 11.5 Å². The van der Waals surface area contributed by atoms with Gasteiger partial charge in [0.15, 0.2) is 11.6 Å². The fourth-order valence-corrected chi connectivity index (χ4v) is 3.84. The zero-order chi connectivity index (χ0) is 24.0. The van der Waals surface area contributed by atoms with Crippen molar-refractivity contribution in [2.75, 3.05) is 25.4 Å². The van der Waals surface area contributed by atoms with E-state index in [0.29, 0.717) is 62.5 Å². The Morgan fingerprint density at radius 1 is 1.09 bits per heavy atom. The molecule has 0 bridgehead atoms. The summed E-state index contributed by atoms with van der Waals surface area (Å²) < 4.78 is 5.83. The Labute approximate surface area is 198 Å². The molecular formula is C25H29N5O4. The second-order valence-corrected chi connectivity index (χ2v) is 8.38. The molecule has 9 nitrogen and oxygen atoms in total. The summed E-state index contributed by atoms with van der Waals surface area (Å²) in [6.07, 6.45) is 1.49. The third-order valence-electron chi connectivity index (χ3n) is 5.94. The summed E-state index contributed by atoms with van der Waals surface area (Å²) in [6, 6.07) is 16.4. The molecular weight excluding hydrogens is 434 g/mol. The molecule has 0 aliphatic carbocycles. The van der Waals surface area contributed by atoms with E-state index in [9.17, 15) is 15.0 Å². The number of piperidine rings is 1. The monoisotopic (exact) mass is 463 g/mol. The largest absolute Gasteiger partial charge is 0.507 e. The number of amides is 1. The van der Waals surface area contributed by atoms with Crippen LogP contribution in [0.2, 0.25) is 0 Å². The van der Waals surface area contributed by atoms with Crippen molar-refractivity contribution in [3.05, 3.63) is 65.7 Å². The van der Waals surface area contributed by atoms with E-state index >= 15 is 0 Å². The van der Waals surface area contributed by atoms with Crippen LogP contribution in [0.4, 0.5) is 5.82 Å². The first-order valence-corrected chi connectivity index (χ1v) is 11.3. The third kappa shape index (κ3) is 5.62. The van der Waals surface area contributed by atoms with Crippen molar-refractivity contribution >= 4 is 11.7 Å². The summed E-state index contributed by atoms with van der Waals surface area (Å²) in [7, 11) is 0. The number of anilines is 1. The average molecular weight is 464 g/mol. The number of carbonyl (C=O) groups excluding carboxylic acids is 1. The van der Waals surface area contributed by atoms with Gasteiger partial charge in [0.25, 0.3) is 5.91 Å². The van der Waals surface area contributed by atoms with Gasteiger partial charge in [-0.3, -0.25) is 4.79 Å². The normalized spacial score (nSPS) is 15.0. The van der Waals surface area contributed by atoms with Crippen molar-refractivity contribution in [2.45, 2.75) is 31.4 Å². The minimum Gasteiger partial charge on any atom is -0.507 e. The average Bonchev–Trinajstić information content (AvgIpc) is 2.85. The van der Waals surface area contributed by atoms with Crippen LogP contribution >= 0.6 is 0 Å². The fourth-order valence-electron chi connectivity index (χ4n) is 3.84. The van der Waals surface area contributed by atoms with Crippen molar-refractivity contribution < 1.29 is 19.7 Å². The van der Waals surface area contributed by atoms with Crippen LogP contribution in [-0.4, -0.2) is 51.6 Å². The molecule has 1 fully saturated rings. The second kappa shape index (κ2) is 10.5. The number of benzene rings is 2. The van der Waals surface area contributed by atoms with Crippen molar-refractivity contribution in [3.8, 4) is 22.8 Å². The summed E-state index contributed by atoms with van der Waals surface area (Å²) in [4.78, 5) is 12.4. The molecule has 1 amide bonds. The van der Waals surface area contributed by atoms with Gasteiger partial charge in [0, 0.05) is 24.6 Å². The topological polar surface area (TPSA) is 143 Å². The predicted molar refractivity (Wildman–Crippen MR) is 128 cm³/mol. The Hall–Kier alpha value is -3.69. The van der Waals surface area contributed by atoms with Crippen molar-refractivity contribution in [3.63, 3.8) is 0 Å². The van der Waals surface area contributed by atoms with Gasteiger partial charge >= 0.3 is 0 Å². The molecule has 0 atom stereocenters. The Kier molecular flexibility index (Phi) is 7.24. The van der Waals surface area contributed by atoms with Crippen LogP contribution in [0.25, 0.3) is 11.3 Å². The lowest BCUT2D eigenvalue weighted by Crippen LogP contribution is -2.52. The zero-order valence-corrected chi connectivity index (χ0v) is 18.8. The van der Waals surface area contributed by atoms with E-state index < -0.39 is 5.60 Å². The lowest BCUT2D eigenvalue weighted by atomic mass is 9.91. The minimum atomic E-state index is -1.29. The van der Waals surface area contributed by atoms with Gasteiger partial charge in [0.1, 0.15) is 17.0 Å². The Balaban J connectivity index is 1.29. The van der Waals surface area contributed by atoms with Gasteiger partial charge in [-0.1, -0.05) is 36.4 Å². The number of phenolic OH excluding ortho intramolecular Hbond substituents is 1. The second-order valence-electron chi connectivity index (χ2n) is 8.38. The highest BCUT2D eigenvalue weighted by molar-refractivity contribution is 5.85. The number of nitrogen functional groups attached to an aromatic ring is 1. The molecule has 0 saturated carbocycles. The third-order valence-corrected chi connectivity index (χ3v) is 5.94. The number of aromatic nitrogens is 2. The van der Waals surface area contributed by atoms with Crippen molar-refractivity contribution in [2.24, 2.45) is 0 Å². The number of nitrogens with zero attached hydrogens (tertiary/aromatic N) is 2. The number of phenols is 1. The Morgan fingerprint density at radius 3 is 2.53 bits per heavy atom. The number of para-hydroxylation sites is 1. The van der Waals surface area contributed by atoms with Crippen LogP contribution in [0.3, 0.4) is 0 Å². The summed E-state index contributed by atoms with van der Waals surface area (Å²) in [6.45, 7) is 2.02. The number of rotatable bonds is 8. The quantitative estimate of drug-likeness (QED) is 0.340. The van der Waals surface area contributed by atoms with Crippen LogP contribution in [-0.2, 0) is 17.8 Å². The van der Waals surface area contributed by atoms with E-state index in [2.05, 4.69) is 20.8 Å². The number of aliphatic hydroxyl groups is 1. The highest BCUT2D eigenvalue weighted by atomic mass is 16.5. The maximum absolute atomic E-state index is 12.4. The summed E-state index contributed by atoms with van der Waals surface area (Å²) in [5.41, 5.74) is 7.66. The highest BCUT2D eigenvalue weighted by Gasteiger charge is 2.36. The van der Waals surface area contributed by atoms with Crippen LogP contribution in [0, 0.1) is 0 Å². The van der Waals surface area contributed by atoms with Gasteiger partial charge < -0.3 is 31.3 Å². The molecule has 0 radical (unpaired) electrons. The molecule has 2 aromatic carbocycles. The molecule has 34 heavy (non-hydrogen) atoms. The van der Waals surface area contributed by atoms with E-state index in [-0.39, 0.29) is 17.5 Å². The van der Waals surface area contributed by atoms with Crippen molar-refractivity contribution in [1.82, 2.24) is 20.8 Å². The van der Waals surface area contributed by atoms with Gasteiger partial charge in [-0.15, -0.1) is 10.2 Å². The van der Waals surface area contributed by atoms with Crippen LogP contribution in [0.15, 0.2) is 54.6 Å². The Morgan fingerprint density at radius 2 is 1.79 bits per heavy atom. The van der Waals surface area contributed by atoms with Gasteiger partial charge in [-0.2, -0.15) is 0 Å². The number of hydrogen-bond acceptors (Lipinski definition) is 8. The lowest BCUT2D eigenvalue weighted by molar-refractivity contribution is -0.142. The molecule has 1 aliphatic rings. The molecule has 1 aromatic heterocycles. The maximum Gasteiger partial charge on any atom is 0.252 e. The van der Waals surface area contributed by atoms with E-state index in [1.165, 1.54) is 0 Å².